The van der Waals surface area contributed by atoms with Crippen LogP contribution in [-0.4, -0.2) is 58.1 Å². The molecular formula is C18H26N4O2. The van der Waals surface area contributed by atoms with E-state index in [0.29, 0.717) is 23.1 Å². The molecule has 130 valence electrons. The number of fused-ring (bicyclic) bond motifs is 1. The van der Waals surface area contributed by atoms with Gasteiger partial charge in [0, 0.05) is 50.0 Å². The third kappa shape index (κ3) is 2.53. The van der Waals surface area contributed by atoms with Crippen LogP contribution in [0, 0.1) is 5.41 Å². The van der Waals surface area contributed by atoms with E-state index in [1.807, 2.05) is 6.07 Å². The molecule has 1 amide bonds. The van der Waals surface area contributed by atoms with E-state index in [1.165, 1.54) is 25.9 Å². The van der Waals surface area contributed by atoms with Crippen molar-refractivity contribution >= 4 is 5.91 Å². The molecule has 1 aromatic rings. The van der Waals surface area contributed by atoms with E-state index in [9.17, 15) is 4.79 Å². The van der Waals surface area contributed by atoms with Gasteiger partial charge in [-0.2, -0.15) is 0 Å². The summed E-state index contributed by atoms with van der Waals surface area (Å²) >= 11 is 0. The van der Waals surface area contributed by atoms with Gasteiger partial charge in [-0.05, 0) is 43.4 Å². The fraction of sp³-hybridized carbons (Fsp3) is 0.667. The summed E-state index contributed by atoms with van der Waals surface area (Å²) in [5, 5.41) is 8.83. The number of likely N-dealkylation sites (tertiary alicyclic amines) is 1. The van der Waals surface area contributed by atoms with Gasteiger partial charge in [0.1, 0.15) is 0 Å². The monoisotopic (exact) mass is 330 g/mol. The second kappa shape index (κ2) is 5.79. The van der Waals surface area contributed by atoms with E-state index in [1.54, 1.807) is 11.7 Å². The average Bonchev–Trinajstić information content (AvgIpc) is 2.54. The normalized spacial score (nSPS) is 26.5. The summed E-state index contributed by atoms with van der Waals surface area (Å²) in [7, 11) is 2.20. The third-order valence-corrected chi connectivity index (χ3v) is 6.16. The highest BCUT2D eigenvalue weighted by Crippen LogP contribution is 2.51. The number of rotatable bonds is 3. The summed E-state index contributed by atoms with van der Waals surface area (Å²) in [6.07, 6.45) is 6.25. The van der Waals surface area contributed by atoms with Gasteiger partial charge in [0.25, 0.3) is 5.91 Å². The Morgan fingerprint density at radius 1 is 1.46 bits per heavy atom. The van der Waals surface area contributed by atoms with Crippen molar-refractivity contribution in [3.8, 4) is 0 Å². The fourth-order valence-electron chi connectivity index (χ4n) is 5.05. The van der Waals surface area contributed by atoms with E-state index >= 15 is 0 Å². The van der Waals surface area contributed by atoms with Crippen molar-refractivity contribution in [2.24, 2.45) is 5.41 Å². The van der Waals surface area contributed by atoms with Gasteiger partial charge in [-0.1, -0.05) is 6.92 Å². The molecule has 2 N–H and O–H groups in total. The number of pyridine rings is 1. The number of nitrogens with zero attached hydrogens (tertiary/aromatic N) is 3. The van der Waals surface area contributed by atoms with Crippen LogP contribution in [0.3, 0.4) is 0 Å². The van der Waals surface area contributed by atoms with Crippen LogP contribution in [0.15, 0.2) is 12.3 Å². The first kappa shape index (κ1) is 16.0. The number of hydroxylamine groups is 1. The average molecular weight is 330 g/mol. The Bertz CT molecular complexity index is 648. The fourth-order valence-corrected chi connectivity index (χ4v) is 5.05. The number of aromatic nitrogens is 1. The number of carbonyl (C=O) groups excluding carboxylic acids is 1. The molecule has 1 aliphatic carbocycles. The lowest BCUT2D eigenvalue weighted by atomic mass is 9.60. The first-order valence-electron chi connectivity index (χ1n) is 8.90. The lowest BCUT2D eigenvalue weighted by Crippen LogP contribution is -2.66. The molecule has 6 heteroatoms. The van der Waals surface area contributed by atoms with Crippen LogP contribution in [0.2, 0.25) is 0 Å². The zero-order chi connectivity index (χ0) is 16.9. The van der Waals surface area contributed by atoms with E-state index in [-0.39, 0.29) is 0 Å². The minimum Gasteiger partial charge on any atom is -0.305 e. The maximum atomic E-state index is 11.6. The topological polar surface area (TPSA) is 68.7 Å². The molecule has 6 nitrogen and oxygen atoms in total. The molecule has 3 aliphatic rings. The van der Waals surface area contributed by atoms with Crippen LogP contribution in [0.4, 0.5) is 0 Å². The van der Waals surface area contributed by atoms with Crippen molar-refractivity contribution < 1.29 is 10.0 Å². The number of amides is 1. The lowest BCUT2D eigenvalue weighted by Gasteiger charge is -2.61. The van der Waals surface area contributed by atoms with Gasteiger partial charge in [-0.3, -0.25) is 19.9 Å². The molecule has 0 radical (unpaired) electrons. The predicted molar refractivity (Wildman–Crippen MR) is 89.8 cm³/mol. The van der Waals surface area contributed by atoms with Gasteiger partial charge in [0.05, 0.1) is 5.56 Å². The molecular weight excluding hydrogens is 304 g/mol. The molecule has 2 fully saturated rings. The molecule has 0 unspecified atom stereocenters. The van der Waals surface area contributed by atoms with Crippen molar-refractivity contribution in [3.05, 3.63) is 29.1 Å². The van der Waals surface area contributed by atoms with E-state index < -0.39 is 5.91 Å². The zero-order valence-electron chi connectivity index (χ0n) is 14.5. The quantitative estimate of drug-likeness (QED) is 0.648. The Hall–Kier alpha value is -1.50. The van der Waals surface area contributed by atoms with E-state index in [2.05, 4.69) is 28.8 Å². The first-order valence-corrected chi connectivity index (χ1v) is 8.90. The van der Waals surface area contributed by atoms with Crippen molar-refractivity contribution in [2.75, 3.05) is 20.1 Å². The number of carbonyl (C=O) groups is 1. The number of hydrogen-bond donors (Lipinski definition) is 2. The maximum Gasteiger partial charge on any atom is 0.276 e. The molecule has 1 saturated carbocycles. The summed E-state index contributed by atoms with van der Waals surface area (Å²) in [6.45, 7) is 5.60. The second-order valence-corrected chi connectivity index (χ2v) is 7.94. The Balaban J connectivity index is 1.51. The van der Waals surface area contributed by atoms with Gasteiger partial charge >= 0.3 is 0 Å². The molecule has 1 atom stereocenters. The molecule has 1 saturated heterocycles. The standard InChI is InChI=1S/C18H26N4O2/c1-3-14-5-16-13(4-12(8-19-16)17(23)20-24)9-22(14)15-6-18(7-15)10-21(2)11-18/h4,8,14-15,24H,3,5-7,9-11H2,1-2H3,(H,20,23)/t14-/m0/s1. The van der Waals surface area contributed by atoms with Crippen LogP contribution >= 0.6 is 0 Å². The highest BCUT2D eigenvalue weighted by Gasteiger charge is 2.53. The SMILES string of the molecule is CC[C@H]1Cc2ncc(C(=O)NO)cc2CN1C1CC2(C1)CN(C)C2. The Morgan fingerprint density at radius 2 is 2.21 bits per heavy atom. The van der Waals surface area contributed by atoms with Gasteiger partial charge in [0.15, 0.2) is 0 Å². The van der Waals surface area contributed by atoms with Gasteiger partial charge in [-0.15, -0.1) is 0 Å². The zero-order valence-corrected chi connectivity index (χ0v) is 14.5. The first-order chi connectivity index (χ1) is 11.5. The van der Waals surface area contributed by atoms with Crippen LogP contribution in [0.1, 0.15) is 47.8 Å². The Kier molecular flexibility index (Phi) is 3.86. The minimum absolute atomic E-state index is 0.428. The molecule has 1 aromatic heterocycles. The Morgan fingerprint density at radius 3 is 2.83 bits per heavy atom. The molecule has 1 spiro atoms. The molecule has 2 aliphatic heterocycles. The summed E-state index contributed by atoms with van der Waals surface area (Å²) in [5.74, 6) is -0.491. The summed E-state index contributed by atoms with van der Waals surface area (Å²) < 4.78 is 0. The van der Waals surface area contributed by atoms with Gasteiger partial charge < -0.3 is 4.90 Å². The van der Waals surface area contributed by atoms with E-state index in [4.69, 9.17) is 5.21 Å². The van der Waals surface area contributed by atoms with Crippen molar-refractivity contribution in [1.82, 2.24) is 20.3 Å². The van der Waals surface area contributed by atoms with Gasteiger partial charge in [0.2, 0.25) is 0 Å². The second-order valence-electron chi connectivity index (χ2n) is 7.94. The lowest BCUT2D eigenvalue weighted by molar-refractivity contribution is -0.112. The minimum atomic E-state index is -0.491. The van der Waals surface area contributed by atoms with Crippen molar-refractivity contribution in [2.45, 2.75) is 51.2 Å². The third-order valence-electron chi connectivity index (χ3n) is 6.16. The number of hydrogen-bond acceptors (Lipinski definition) is 5. The summed E-state index contributed by atoms with van der Waals surface area (Å²) in [6, 6.07) is 3.09. The van der Waals surface area contributed by atoms with Crippen LogP contribution in [0.25, 0.3) is 0 Å². The van der Waals surface area contributed by atoms with E-state index in [0.717, 1.165) is 30.6 Å². The summed E-state index contributed by atoms with van der Waals surface area (Å²) in [5.41, 5.74) is 4.94. The van der Waals surface area contributed by atoms with Gasteiger partial charge in [-0.25, -0.2) is 5.48 Å². The van der Waals surface area contributed by atoms with Crippen molar-refractivity contribution in [1.29, 1.82) is 0 Å². The molecule has 24 heavy (non-hydrogen) atoms. The number of nitrogens with one attached hydrogen (secondary N) is 1. The molecule has 3 heterocycles. The van der Waals surface area contributed by atoms with Crippen LogP contribution < -0.4 is 5.48 Å². The van der Waals surface area contributed by atoms with Crippen LogP contribution in [-0.2, 0) is 13.0 Å². The smallest absolute Gasteiger partial charge is 0.276 e. The highest BCUT2D eigenvalue weighted by molar-refractivity contribution is 5.93. The van der Waals surface area contributed by atoms with Crippen LogP contribution in [0.5, 0.6) is 0 Å². The largest absolute Gasteiger partial charge is 0.305 e. The maximum absolute atomic E-state index is 11.6. The highest BCUT2D eigenvalue weighted by atomic mass is 16.5. The Labute approximate surface area is 142 Å². The summed E-state index contributed by atoms with van der Waals surface area (Å²) in [4.78, 5) is 21.2. The molecule has 4 rings (SSSR count). The molecule has 0 bridgehead atoms. The van der Waals surface area contributed by atoms with Crippen molar-refractivity contribution in [3.63, 3.8) is 0 Å². The predicted octanol–water partition coefficient (Wildman–Crippen LogP) is 1.43. The molecule has 0 aromatic carbocycles.